The molecule has 0 saturated carbocycles. The van der Waals surface area contributed by atoms with Crippen molar-refractivity contribution in [3.8, 4) is 6.07 Å². The fraction of sp³-hybridized carbons (Fsp3) is 0.364. The Morgan fingerprint density at radius 2 is 2.47 bits per heavy atom. The van der Waals surface area contributed by atoms with E-state index in [1.165, 1.54) is 0 Å². The second-order valence-corrected chi connectivity index (χ2v) is 3.73. The van der Waals surface area contributed by atoms with Gasteiger partial charge in [0.15, 0.2) is 0 Å². The van der Waals surface area contributed by atoms with Gasteiger partial charge in [-0.25, -0.2) is 0 Å². The predicted octanol–water partition coefficient (Wildman–Crippen LogP) is 0.571. The molecule has 1 N–H and O–H groups in total. The number of amides is 1. The minimum Gasteiger partial charge on any atom is -0.339 e. The highest BCUT2D eigenvalue weighted by atomic mass is 16.2. The summed E-state index contributed by atoms with van der Waals surface area (Å²) in [6.07, 6.45) is 2.34. The number of nitrogens with zero attached hydrogens (tertiary/aromatic N) is 2. The highest BCUT2D eigenvalue weighted by Gasteiger charge is 2.39. The number of rotatable bonds is 2. The minimum absolute atomic E-state index is 0.0315. The molecule has 0 spiro atoms. The van der Waals surface area contributed by atoms with Gasteiger partial charge in [0.05, 0.1) is 12.0 Å². The van der Waals surface area contributed by atoms with Crippen molar-refractivity contribution in [2.75, 3.05) is 0 Å². The first-order valence-electron chi connectivity index (χ1n) is 4.82. The predicted molar refractivity (Wildman–Crippen MR) is 53.7 cm³/mol. The van der Waals surface area contributed by atoms with E-state index in [1.807, 2.05) is 19.1 Å². The van der Waals surface area contributed by atoms with Crippen molar-refractivity contribution < 1.29 is 4.79 Å². The first-order valence-corrected chi connectivity index (χ1v) is 4.82. The molecule has 1 fully saturated rings. The Morgan fingerprint density at radius 1 is 1.67 bits per heavy atom. The molecule has 2 rings (SSSR count). The van der Waals surface area contributed by atoms with Gasteiger partial charge < -0.3 is 5.32 Å². The average molecular weight is 201 g/mol. The largest absolute Gasteiger partial charge is 0.339 e. The van der Waals surface area contributed by atoms with Crippen molar-refractivity contribution in [3.05, 3.63) is 29.6 Å². The fourth-order valence-corrected chi connectivity index (χ4v) is 1.73. The number of aryl methyl sites for hydroxylation is 1. The number of carbonyl (C=O) groups is 1. The first-order chi connectivity index (χ1) is 7.20. The summed E-state index contributed by atoms with van der Waals surface area (Å²) in [7, 11) is 0. The summed E-state index contributed by atoms with van der Waals surface area (Å²) in [5.74, 6) is -0.229. The van der Waals surface area contributed by atoms with Gasteiger partial charge in [-0.2, -0.15) is 5.26 Å². The molecule has 1 aromatic heterocycles. The summed E-state index contributed by atoms with van der Waals surface area (Å²) in [6, 6.07) is 5.57. The number of nitrogens with one attached hydrogen (secondary N) is 1. The molecule has 4 nitrogen and oxygen atoms in total. The van der Waals surface area contributed by atoms with E-state index in [1.54, 1.807) is 6.20 Å². The molecule has 1 aliphatic heterocycles. The van der Waals surface area contributed by atoms with Crippen LogP contribution in [0.15, 0.2) is 18.3 Å². The summed E-state index contributed by atoms with van der Waals surface area (Å²) in [6.45, 7) is 1.91. The standard InChI is InChI=1S/C11H11N3O/c1-7-4-8(2-3-13-7)5-9-10(6-12)14-11(9)15/h2-4,9-10H,5H2,1H3,(H,14,15)/t9-,10-/m1/s1. The molecular weight excluding hydrogens is 190 g/mol. The molecule has 2 heterocycles. The van der Waals surface area contributed by atoms with Crippen molar-refractivity contribution in [1.82, 2.24) is 10.3 Å². The van der Waals surface area contributed by atoms with E-state index < -0.39 is 0 Å². The summed E-state index contributed by atoms with van der Waals surface area (Å²) in [4.78, 5) is 15.3. The van der Waals surface area contributed by atoms with Crippen LogP contribution in [0.3, 0.4) is 0 Å². The molecule has 0 bridgehead atoms. The molecule has 2 atom stereocenters. The molecule has 0 aliphatic carbocycles. The van der Waals surface area contributed by atoms with E-state index in [0.29, 0.717) is 6.42 Å². The number of hydrogen-bond donors (Lipinski definition) is 1. The van der Waals surface area contributed by atoms with Crippen LogP contribution in [0.5, 0.6) is 0 Å². The van der Waals surface area contributed by atoms with E-state index in [2.05, 4.69) is 16.4 Å². The lowest BCUT2D eigenvalue weighted by atomic mass is 9.86. The topological polar surface area (TPSA) is 65.8 Å². The van der Waals surface area contributed by atoms with Gasteiger partial charge in [0.2, 0.25) is 5.91 Å². The normalized spacial score (nSPS) is 23.9. The highest BCUT2D eigenvalue weighted by Crippen LogP contribution is 2.19. The number of β-lactam (4-membered cyclic amide) rings is 1. The Bertz CT molecular complexity index is 436. The van der Waals surface area contributed by atoms with Crippen LogP contribution in [0.1, 0.15) is 11.3 Å². The molecule has 4 heteroatoms. The van der Waals surface area contributed by atoms with Crippen LogP contribution in [-0.2, 0) is 11.2 Å². The zero-order chi connectivity index (χ0) is 10.8. The van der Waals surface area contributed by atoms with Crippen LogP contribution in [0.25, 0.3) is 0 Å². The summed E-state index contributed by atoms with van der Waals surface area (Å²) >= 11 is 0. The second kappa shape index (κ2) is 3.70. The highest BCUT2D eigenvalue weighted by molar-refractivity contribution is 5.87. The third-order valence-electron chi connectivity index (χ3n) is 2.59. The van der Waals surface area contributed by atoms with E-state index >= 15 is 0 Å². The maximum atomic E-state index is 11.2. The third-order valence-corrected chi connectivity index (χ3v) is 2.59. The smallest absolute Gasteiger partial charge is 0.227 e. The van der Waals surface area contributed by atoms with Crippen molar-refractivity contribution in [1.29, 1.82) is 5.26 Å². The van der Waals surface area contributed by atoms with Crippen LogP contribution < -0.4 is 5.32 Å². The van der Waals surface area contributed by atoms with Gasteiger partial charge in [0, 0.05) is 11.9 Å². The quantitative estimate of drug-likeness (QED) is 0.711. The molecule has 76 valence electrons. The van der Waals surface area contributed by atoms with Gasteiger partial charge in [-0.3, -0.25) is 9.78 Å². The summed E-state index contributed by atoms with van der Waals surface area (Å²) in [5, 5.41) is 11.3. The second-order valence-electron chi connectivity index (χ2n) is 3.73. The molecular formula is C11H11N3O. The molecule has 1 aromatic rings. The molecule has 1 aliphatic rings. The molecule has 0 radical (unpaired) electrons. The van der Waals surface area contributed by atoms with Gasteiger partial charge >= 0.3 is 0 Å². The van der Waals surface area contributed by atoms with Gasteiger partial charge in [-0.05, 0) is 31.0 Å². The van der Waals surface area contributed by atoms with Crippen molar-refractivity contribution in [2.45, 2.75) is 19.4 Å². The molecule has 15 heavy (non-hydrogen) atoms. The van der Waals surface area contributed by atoms with Crippen molar-refractivity contribution in [3.63, 3.8) is 0 Å². The van der Waals surface area contributed by atoms with Crippen LogP contribution in [0.2, 0.25) is 0 Å². The molecule has 1 saturated heterocycles. The third kappa shape index (κ3) is 1.82. The minimum atomic E-state index is -0.328. The van der Waals surface area contributed by atoms with Gasteiger partial charge in [-0.1, -0.05) is 0 Å². The SMILES string of the molecule is Cc1cc(C[C@H]2C(=O)N[C@@H]2C#N)ccn1. The maximum Gasteiger partial charge on any atom is 0.227 e. The molecule has 0 unspecified atom stereocenters. The fourth-order valence-electron chi connectivity index (χ4n) is 1.73. The van der Waals surface area contributed by atoms with E-state index in [4.69, 9.17) is 5.26 Å². The van der Waals surface area contributed by atoms with Crippen LogP contribution >= 0.6 is 0 Å². The number of hydrogen-bond acceptors (Lipinski definition) is 3. The van der Waals surface area contributed by atoms with Crippen LogP contribution in [0, 0.1) is 24.2 Å². The Hall–Kier alpha value is -1.89. The van der Waals surface area contributed by atoms with Crippen LogP contribution in [0.4, 0.5) is 0 Å². The number of nitriles is 1. The lowest BCUT2D eigenvalue weighted by Gasteiger charge is -2.31. The number of pyridine rings is 1. The zero-order valence-electron chi connectivity index (χ0n) is 8.40. The Labute approximate surface area is 87.9 Å². The maximum absolute atomic E-state index is 11.2. The Kier molecular flexibility index (Phi) is 2.38. The van der Waals surface area contributed by atoms with E-state index in [9.17, 15) is 4.79 Å². The Balaban J connectivity index is 2.09. The van der Waals surface area contributed by atoms with Gasteiger partial charge in [0.1, 0.15) is 6.04 Å². The first kappa shape index (κ1) is 9.66. The summed E-state index contributed by atoms with van der Waals surface area (Å²) in [5.41, 5.74) is 1.99. The van der Waals surface area contributed by atoms with Gasteiger partial charge in [0.25, 0.3) is 0 Å². The zero-order valence-corrected chi connectivity index (χ0v) is 8.40. The summed E-state index contributed by atoms with van der Waals surface area (Å²) < 4.78 is 0. The molecule has 1 amide bonds. The lowest BCUT2D eigenvalue weighted by Crippen LogP contribution is -2.58. The Morgan fingerprint density at radius 3 is 3.07 bits per heavy atom. The van der Waals surface area contributed by atoms with Crippen molar-refractivity contribution in [2.24, 2.45) is 5.92 Å². The van der Waals surface area contributed by atoms with E-state index in [-0.39, 0.29) is 17.9 Å². The van der Waals surface area contributed by atoms with Gasteiger partial charge in [-0.15, -0.1) is 0 Å². The lowest BCUT2D eigenvalue weighted by molar-refractivity contribution is -0.133. The van der Waals surface area contributed by atoms with Crippen molar-refractivity contribution >= 4 is 5.91 Å². The number of aromatic nitrogens is 1. The average Bonchev–Trinajstić information content (AvgIpc) is 2.22. The van der Waals surface area contributed by atoms with E-state index in [0.717, 1.165) is 11.3 Å². The van der Waals surface area contributed by atoms with Crippen LogP contribution in [-0.4, -0.2) is 16.9 Å². The molecule has 0 aromatic carbocycles. The monoisotopic (exact) mass is 201 g/mol. The number of carbonyl (C=O) groups excluding carboxylic acids is 1.